The van der Waals surface area contributed by atoms with Crippen LogP contribution >= 0.6 is 0 Å². The summed E-state index contributed by atoms with van der Waals surface area (Å²) in [5, 5.41) is 18.4. The number of hydrogen-bond donors (Lipinski definition) is 2. The summed E-state index contributed by atoms with van der Waals surface area (Å²) in [6, 6.07) is 3.92. The van der Waals surface area contributed by atoms with Crippen molar-refractivity contribution in [1.82, 2.24) is 0 Å². The summed E-state index contributed by atoms with van der Waals surface area (Å²) < 4.78 is 13.1. The molecule has 0 aliphatic heterocycles. The second-order valence-electron chi connectivity index (χ2n) is 3.83. The minimum atomic E-state index is -0.722. The lowest BCUT2D eigenvalue weighted by Crippen LogP contribution is -2.14. The molecule has 0 spiro atoms. The van der Waals surface area contributed by atoms with Crippen molar-refractivity contribution in [2.24, 2.45) is 11.7 Å². The molecule has 2 rings (SSSR count). The Hall–Kier alpha value is -1.60. The summed E-state index contributed by atoms with van der Waals surface area (Å²) in [7, 11) is 0. The van der Waals surface area contributed by atoms with Crippen LogP contribution in [0.4, 0.5) is 4.39 Å². The van der Waals surface area contributed by atoms with Gasteiger partial charge < -0.3 is 10.8 Å². The van der Waals surface area contributed by atoms with Gasteiger partial charge in [0.05, 0.1) is 11.6 Å². The van der Waals surface area contributed by atoms with Crippen molar-refractivity contribution >= 4 is 0 Å². The van der Waals surface area contributed by atoms with E-state index in [1.54, 1.807) is 0 Å². The fourth-order valence-electron chi connectivity index (χ4n) is 1.71. The van der Waals surface area contributed by atoms with Crippen LogP contribution in [0.2, 0.25) is 0 Å². The first-order valence-electron chi connectivity index (χ1n) is 4.82. The van der Waals surface area contributed by atoms with Gasteiger partial charge in [0.15, 0.2) is 11.6 Å². The fourth-order valence-corrected chi connectivity index (χ4v) is 1.71. The number of aromatic hydroxyl groups is 1. The van der Waals surface area contributed by atoms with Crippen molar-refractivity contribution in [3.63, 3.8) is 0 Å². The molecule has 0 heterocycles. The average Bonchev–Trinajstić information content (AvgIpc) is 3.04. The van der Waals surface area contributed by atoms with E-state index in [-0.39, 0.29) is 17.0 Å². The molecule has 0 bridgehead atoms. The summed E-state index contributed by atoms with van der Waals surface area (Å²) >= 11 is 0. The van der Waals surface area contributed by atoms with Crippen LogP contribution in [0.25, 0.3) is 0 Å². The van der Waals surface area contributed by atoms with Crippen LogP contribution in [0.1, 0.15) is 30.0 Å². The van der Waals surface area contributed by atoms with Crippen LogP contribution in [0.5, 0.6) is 5.75 Å². The van der Waals surface area contributed by atoms with Crippen molar-refractivity contribution in [2.45, 2.75) is 18.9 Å². The predicted molar refractivity (Wildman–Crippen MR) is 52.4 cm³/mol. The molecule has 0 unspecified atom stereocenters. The SMILES string of the molecule is N#Cc1ccc(F)c(O)c1[C@H](N)C1CC1. The Bertz CT molecular complexity index is 435. The number of nitrogens with two attached hydrogens (primary N) is 1. The Labute approximate surface area is 86.9 Å². The van der Waals surface area contributed by atoms with Gasteiger partial charge in [-0.15, -0.1) is 0 Å². The van der Waals surface area contributed by atoms with Gasteiger partial charge in [0.25, 0.3) is 0 Å². The van der Waals surface area contributed by atoms with Crippen LogP contribution in [-0.2, 0) is 0 Å². The molecule has 3 nitrogen and oxygen atoms in total. The highest BCUT2D eigenvalue weighted by atomic mass is 19.1. The maximum Gasteiger partial charge on any atom is 0.165 e. The van der Waals surface area contributed by atoms with Crippen molar-refractivity contribution < 1.29 is 9.50 Å². The minimum absolute atomic E-state index is 0.250. The highest BCUT2D eigenvalue weighted by Crippen LogP contribution is 2.43. The van der Waals surface area contributed by atoms with E-state index in [0.717, 1.165) is 18.9 Å². The third kappa shape index (κ3) is 1.66. The van der Waals surface area contributed by atoms with E-state index in [9.17, 15) is 9.50 Å². The first-order valence-corrected chi connectivity index (χ1v) is 4.82. The van der Waals surface area contributed by atoms with E-state index in [2.05, 4.69) is 0 Å². The van der Waals surface area contributed by atoms with Gasteiger partial charge in [0, 0.05) is 11.6 Å². The minimum Gasteiger partial charge on any atom is -0.505 e. The van der Waals surface area contributed by atoms with Crippen molar-refractivity contribution in [1.29, 1.82) is 5.26 Å². The van der Waals surface area contributed by atoms with E-state index < -0.39 is 17.6 Å². The van der Waals surface area contributed by atoms with Crippen molar-refractivity contribution in [3.8, 4) is 11.8 Å². The molecule has 0 amide bonds. The smallest absolute Gasteiger partial charge is 0.165 e. The standard InChI is InChI=1S/C11H11FN2O/c12-8-4-3-7(5-13)9(11(8)15)10(14)6-1-2-6/h3-4,6,10,15H,1-2,14H2/t10-/m1/s1. The molecule has 1 aromatic carbocycles. The molecule has 1 aromatic rings. The summed E-state index contributed by atoms with van der Waals surface area (Å²) in [6.45, 7) is 0. The van der Waals surface area contributed by atoms with Gasteiger partial charge in [-0.25, -0.2) is 4.39 Å². The van der Waals surface area contributed by atoms with E-state index in [1.165, 1.54) is 6.07 Å². The molecule has 1 saturated carbocycles. The van der Waals surface area contributed by atoms with Crippen molar-refractivity contribution in [2.75, 3.05) is 0 Å². The topological polar surface area (TPSA) is 70.0 Å². The normalized spacial score (nSPS) is 17.1. The van der Waals surface area contributed by atoms with E-state index in [0.29, 0.717) is 0 Å². The molecule has 1 aliphatic rings. The molecular formula is C11H11FN2O. The average molecular weight is 206 g/mol. The van der Waals surface area contributed by atoms with Crippen LogP contribution in [0.3, 0.4) is 0 Å². The Morgan fingerprint density at radius 1 is 1.53 bits per heavy atom. The van der Waals surface area contributed by atoms with Gasteiger partial charge in [-0.3, -0.25) is 0 Å². The third-order valence-corrected chi connectivity index (χ3v) is 2.75. The predicted octanol–water partition coefficient (Wildman–Crippen LogP) is 1.81. The highest BCUT2D eigenvalue weighted by molar-refractivity contribution is 5.49. The molecule has 4 heteroatoms. The largest absolute Gasteiger partial charge is 0.505 e. The summed E-state index contributed by atoms with van der Waals surface area (Å²) in [5.74, 6) is -0.932. The molecule has 1 fully saturated rings. The van der Waals surface area contributed by atoms with Gasteiger partial charge in [-0.2, -0.15) is 5.26 Å². The number of nitriles is 1. The maximum atomic E-state index is 13.1. The number of nitrogens with zero attached hydrogens (tertiary/aromatic N) is 1. The van der Waals surface area contributed by atoms with E-state index in [1.807, 2.05) is 6.07 Å². The number of halogens is 1. The van der Waals surface area contributed by atoms with Gasteiger partial charge in [-0.1, -0.05) is 0 Å². The molecule has 78 valence electrons. The van der Waals surface area contributed by atoms with Gasteiger partial charge in [0.2, 0.25) is 0 Å². The molecular weight excluding hydrogens is 195 g/mol. The number of rotatable bonds is 2. The Morgan fingerprint density at radius 3 is 2.73 bits per heavy atom. The molecule has 0 aromatic heterocycles. The van der Waals surface area contributed by atoms with Crippen LogP contribution < -0.4 is 5.73 Å². The van der Waals surface area contributed by atoms with E-state index >= 15 is 0 Å². The maximum absolute atomic E-state index is 13.1. The lowest BCUT2D eigenvalue weighted by Gasteiger charge is -2.14. The Morgan fingerprint density at radius 2 is 2.20 bits per heavy atom. The zero-order valence-corrected chi connectivity index (χ0v) is 8.07. The molecule has 1 aliphatic carbocycles. The number of phenols is 1. The monoisotopic (exact) mass is 206 g/mol. The second-order valence-corrected chi connectivity index (χ2v) is 3.83. The Balaban J connectivity index is 2.51. The zero-order chi connectivity index (χ0) is 11.0. The third-order valence-electron chi connectivity index (χ3n) is 2.75. The first kappa shape index (κ1) is 9.94. The first-order chi connectivity index (χ1) is 7.15. The van der Waals surface area contributed by atoms with Crippen LogP contribution in [0, 0.1) is 23.1 Å². The lowest BCUT2D eigenvalue weighted by molar-refractivity contribution is 0.416. The molecule has 3 N–H and O–H groups in total. The van der Waals surface area contributed by atoms with Gasteiger partial charge >= 0.3 is 0 Å². The van der Waals surface area contributed by atoms with Crippen molar-refractivity contribution in [3.05, 3.63) is 29.1 Å². The zero-order valence-electron chi connectivity index (χ0n) is 8.07. The molecule has 1 atom stereocenters. The van der Waals surface area contributed by atoms with E-state index in [4.69, 9.17) is 11.0 Å². The fraction of sp³-hybridized carbons (Fsp3) is 0.364. The van der Waals surface area contributed by atoms with Crippen LogP contribution in [0.15, 0.2) is 12.1 Å². The molecule has 0 saturated heterocycles. The summed E-state index contributed by atoms with van der Waals surface area (Å²) in [6.07, 6.45) is 1.95. The number of hydrogen-bond acceptors (Lipinski definition) is 3. The molecule has 0 radical (unpaired) electrons. The second kappa shape index (κ2) is 3.52. The van der Waals surface area contributed by atoms with Gasteiger partial charge in [0.1, 0.15) is 0 Å². The highest BCUT2D eigenvalue weighted by Gasteiger charge is 2.33. The quantitative estimate of drug-likeness (QED) is 0.775. The molecule has 15 heavy (non-hydrogen) atoms. The Kier molecular flexibility index (Phi) is 2.33. The van der Waals surface area contributed by atoms with Gasteiger partial charge in [-0.05, 0) is 30.9 Å². The lowest BCUT2D eigenvalue weighted by atomic mass is 9.97. The van der Waals surface area contributed by atoms with Crippen LogP contribution in [-0.4, -0.2) is 5.11 Å². The number of benzene rings is 1. The summed E-state index contributed by atoms with van der Waals surface area (Å²) in [4.78, 5) is 0. The summed E-state index contributed by atoms with van der Waals surface area (Å²) in [5.41, 5.74) is 6.38. The number of phenolic OH excluding ortho intramolecular Hbond substituents is 1.